The first-order valence-electron chi connectivity index (χ1n) is 8.66. The van der Waals surface area contributed by atoms with E-state index in [4.69, 9.17) is 0 Å². The quantitative estimate of drug-likeness (QED) is 0.936. The fraction of sp³-hybridized carbons (Fsp3) is 0.500. The van der Waals surface area contributed by atoms with Gasteiger partial charge in [0, 0.05) is 44.1 Å². The van der Waals surface area contributed by atoms with Gasteiger partial charge in [-0.25, -0.2) is 9.97 Å². The van der Waals surface area contributed by atoms with Crippen LogP contribution in [-0.4, -0.2) is 43.5 Å². The first-order chi connectivity index (χ1) is 11.7. The summed E-state index contributed by atoms with van der Waals surface area (Å²) in [6, 6.07) is 3.13. The lowest BCUT2D eigenvalue weighted by Gasteiger charge is -2.32. The second-order valence-corrected chi connectivity index (χ2v) is 6.84. The van der Waals surface area contributed by atoms with Crippen LogP contribution in [0.1, 0.15) is 47.9 Å². The molecule has 6 heteroatoms. The third-order valence-corrected chi connectivity index (χ3v) is 4.96. The number of imidazole rings is 1. The summed E-state index contributed by atoms with van der Waals surface area (Å²) in [7, 11) is 0. The normalized spacial score (nSPS) is 21.0. The maximum atomic E-state index is 12.7. The molecule has 1 aliphatic carbocycles. The van der Waals surface area contributed by atoms with Crippen LogP contribution in [0.25, 0.3) is 0 Å². The van der Waals surface area contributed by atoms with Gasteiger partial charge in [0.25, 0.3) is 5.91 Å². The average Bonchev–Trinajstić information content (AvgIpc) is 3.30. The van der Waals surface area contributed by atoms with Crippen molar-refractivity contribution in [3.05, 3.63) is 42.2 Å². The van der Waals surface area contributed by atoms with Crippen LogP contribution in [0.4, 0.5) is 0 Å². The van der Waals surface area contributed by atoms with E-state index in [2.05, 4.69) is 20.7 Å². The van der Waals surface area contributed by atoms with Crippen molar-refractivity contribution in [3.63, 3.8) is 0 Å². The number of nitrogens with zero attached hydrogens (tertiary/aromatic N) is 4. The van der Waals surface area contributed by atoms with Crippen molar-refractivity contribution in [2.24, 2.45) is 5.92 Å². The number of hydrogen-bond acceptors (Lipinski definition) is 4. The van der Waals surface area contributed by atoms with E-state index in [1.165, 1.54) is 25.1 Å². The number of carbonyl (C=O) groups is 1. The standard InChI is InChI=1S/C18H22N4O2/c23-15-4-1-7-19-16(15)18(24)22-9-2-3-14(12-22)17-20-8-10-21(17)11-13-5-6-13/h1,4,7-8,10,13-14,23H,2-3,5-6,9,11-12H2/t14-/m1/s1. The molecule has 4 rings (SSSR count). The van der Waals surface area contributed by atoms with Crippen molar-refractivity contribution in [3.8, 4) is 5.75 Å². The van der Waals surface area contributed by atoms with Crippen LogP contribution in [-0.2, 0) is 6.54 Å². The van der Waals surface area contributed by atoms with Crippen LogP contribution in [0, 0.1) is 5.92 Å². The molecule has 2 aliphatic rings. The average molecular weight is 326 g/mol. The highest BCUT2D eigenvalue weighted by molar-refractivity contribution is 5.94. The van der Waals surface area contributed by atoms with Crippen LogP contribution >= 0.6 is 0 Å². The zero-order chi connectivity index (χ0) is 16.5. The molecule has 1 amide bonds. The summed E-state index contributed by atoms with van der Waals surface area (Å²) in [6.45, 7) is 2.38. The van der Waals surface area contributed by atoms with Gasteiger partial charge in [0.05, 0.1) is 0 Å². The minimum absolute atomic E-state index is 0.0557. The van der Waals surface area contributed by atoms with Crippen LogP contribution in [0.5, 0.6) is 5.75 Å². The predicted molar refractivity (Wildman–Crippen MR) is 88.7 cm³/mol. The Morgan fingerprint density at radius 3 is 2.92 bits per heavy atom. The molecule has 24 heavy (non-hydrogen) atoms. The molecule has 0 bridgehead atoms. The molecule has 0 unspecified atom stereocenters. The molecule has 1 saturated carbocycles. The third-order valence-electron chi connectivity index (χ3n) is 4.96. The minimum atomic E-state index is -0.196. The number of pyridine rings is 1. The predicted octanol–water partition coefficient (Wildman–Crippen LogP) is 2.41. The molecule has 1 atom stereocenters. The van der Waals surface area contributed by atoms with Gasteiger partial charge in [0.2, 0.25) is 0 Å². The highest BCUT2D eigenvalue weighted by Gasteiger charge is 2.30. The van der Waals surface area contributed by atoms with E-state index in [0.29, 0.717) is 13.1 Å². The molecular weight excluding hydrogens is 304 g/mol. The summed E-state index contributed by atoms with van der Waals surface area (Å²) < 4.78 is 2.26. The van der Waals surface area contributed by atoms with E-state index in [9.17, 15) is 9.90 Å². The highest BCUT2D eigenvalue weighted by Crippen LogP contribution is 2.33. The first kappa shape index (κ1) is 15.2. The molecule has 0 spiro atoms. The SMILES string of the molecule is O=C(c1ncccc1O)N1CCC[C@@H](c2nccn2CC2CC2)C1. The fourth-order valence-corrected chi connectivity index (χ4v) is 3.50. The lowest BCUT2D eigenvalue weighted by atomic mass is 9.96. The monoisotopic (exact) mass is 326 g/mol. The zero-order valence-electron chi connectivity index (χ0n) is 13.6. The topological polar surface area (TPSA) is 71.2 Å². The van der Waals surface area contributed by atoms with Gasteiger partial charge in [-0.05, 0) is 43.7 Å². The van der Waals surface area contributed by atoms with E-state index in [0.717, 1.165) is 31.1 Å². The second kappa shape index (κ2) is 6.26. The fourth-order valence-electron chi connectivity index (χ4n) is 3.50. The highest BCUT2D eigenvalue weighted by atomic mass is 16.3. The summed E-state index contributed by atoms with van der Waals surface area (Å²) in [4.78, 5) is 23.1. The summed E-state index contributed by atoms with van der Waals surface area (Å²) in [5.41, 5.74) is 0.138. The number of piperidine rings is 1. The van der Waals surface area contributed by atoms with Crippen molar-refractivity contribution < 1.29 is 9.90 Å². The number of hydrogen-bond donors (Lipinski definition) is 1. The van der Waals surface area contributed by atoms with Crippen LogP contribution < -0.4 is 0 Å². The number of aromatic nitrogens is 3. The van der Waals surface area contributed by atoms with Crippen molar-refractivity contribution in [1.29, 1.82) is 0 Å². The van der Waals surface area contributed by atoms with Gasteiger partial charge in [0.1, 0.15) is 11.6 Å². The molecule has 0 radical (unpaired) electrons. The van der Waals surface area contributed by atoms with E-state index >= 15 is 0 Å². The Kier molecular flexibility index (Phi) is 3.96. The van der Waals surface area contributed by atoms with E-state index in [-0.39, 0.29) is 23.3 Å². The first-order valence-corrected chi connectivity index (χ1v) is 8.66. The smallest absolute Gasteiger partial charge is 0.276 e. The Bertz CT molecular complexity index is 738. The Balaban J connectivity index is 1.50. The molecule has 2 aromatic heterocycles. The summed E-state index contributed by atoms with van der Waals surface area (Å²) in [5.74, 6) is 1.88. The summed E-state index contributed by atoms with van der Waals surface area (Å²) in [6.07, 6.45) is 10.1. The lowest BCUT2D eigenvalue weighted by molar-refractivity contribution is 0.0694. The largest absolute Gasteiger partial charge is 0.505 e. The molecule has 126 valence electrons. The maximum absolute atomic E-state index is 12.7. The Morgan fingerprint density at radius 2 is 2.12 bits per heavy atom. The van der Waals surface area contributed by atoms with Crippen molar-refractivity contribution in [2.45, 2.75) is 38.1 Å². The lowest BCUT2D eigenvalue weighted by Crippen LogP contribution is -2.40. The van der Waals surface area contributed by atoms with E-state index < -0.39 is 0 Å². The van der Waals surface area contributed by atoms with E-state index in [1.54, 1.807) is 11.0 Å². The zero-order valence-corrected chi connectivity index (χ0v) is 13.6. The molecule has 1 saturated heterocycles. The number of carbonyl (C=O) groups excluding carboxylic acids is 1. The Labute approximate surface area is 141 Å². The van der Waals surface area contributed by atoms with Crippen LogP contribution in [0.15, 0.2) is 30.7 Å². The third kappa shape index (κ3) is 3.00. The molecule has 6 nitrogen and oxygen atoms in total. The maximum Gasteiger partial charge on any atom is 0.276 e. The minimum Gasteiger partial charge on any atom is -0.505 e. The molecule has 2 aromatic rings. The summed E-state index contributed by atoms with van der Waals surface area (Å²) in [5, 5.41) is 9.89. The number of amides is 1. The molecular formula is C18H22N4O2. The summed E-state index contributed by atoms with van der Waals surface area (Å²) >= 11 is 0. The number of rotatable bonds is 4. The molecule has 0 aromatic carbocycles. The molecule has 2 fully saturated rings. The second-order valence-electron chi connectivity index (χ2n) is 6.84. The van der Waals surface area contributed by atoms with Crippen molar-refractivity contribution in [1.82, 2.24) is 19.4 Å². The van der Waals surface area contributed by atoms with Crippen molar-refractivity contribution in [2.75, 3.05) is 13.1 Å². The van der Waals surface area contributed by atoms with Gasteiger partial charge in [-0.3, -0.25) is 4.79 Å². The van der Waals surface area contributed by atoms with Gasteiger partial charge in [0.15, 0.2) is 5.69 Å². The van der Waals surface area contributed by atoms with Crippen LogP contribution in [0.2, 0.25) is 0 Å². The molecule has 1 N–H and O–H groups in total. The number of aromatic hydroxyl groups is 1. The van der Waals surface area contributed by atoms with Gasteiger partial charge in [-0.2, -0.15) is 0 Å². The Hall–Kier alpha value is -2.37. The van der Waals surface area contributed by atoms with Gasteiger partial charge in [-0.1, -0.05) is 0 Å². The Morgan fingerprint density at radius 1 is 1.25 bits per heavy atom. The van der Waals surface area contributed by atoms with Gasteiger partial charge in [-0.15, -0.1) is 0 Å². The van der Waals surface area contributed by atoms with Crippen molar-refractivity contribution >= 4 is 5.91 Å². The van der Waals surface area contributed by atoms with Crippen LogP contribution in [0.3, 0.4) is 0 Å². The molecule has 3 heterocycles. The van der Waals surface area contributed by atoms with Gasteiger partial charge < -0.3 is 14.6 Å². The number of likely N-dealkylation sites (tertiary alicyclic amines) is 1. The van der Waals surface area contributed by atoms with Gasteiger partial charge >= 0.3 is 0 Å². The molecule has 1 aliphatic heterocycles. The van der Waals surface area contributed by atoms with E-state index in [1.807, 2.05) is 6.20 Å².